The molecule has 0 unspecified atom stereocenters. The standard InChI is InChI=1S/C21H19NO7/c1-11-15-7-6-14(24)9-18(15)29-21(28)16(11)10-19(25)22-17(20(26)27)8-12-2-4-13(23)5-3-12/h2-7,9,17,23-24H,8,10H2,1H3,(H,22,25)(H,26,27)/p-1/t17-/m0/s1. The largest absolute Gasteiger partial charge is 0.548 e. The number of hydrogen-bond donors (Lipinski definition) is 3. The molecule has 0 saturated heterocycles. The van der Waals surface area contributed by atoms with Gasteiger partial charge in [-0.25, -0.2) is 4.79 Å². The predicted octanol–water partition coefficient (Wildman–Crippen LogP) is 0.533. The third-order valence-corrected chi connectivity index (χ3v) is 4.60. The van der Waals surface area contributed by atoms with Crippen molar-refractivity contribution in [2.75, 3.05) is 0 Å². The molecule has 3 rings (SSSR count). The van der Waals surface area contributed by atoms with E-state index in [1.54, 1.807) is 13.0 Å². The van der Waals surface area contributed by atoms with Crippen LogP contribution in [0.1, 0.15) is 16.7 Å². The average molecular weight is 396 g/mol. The van der Waals surface area contributed by atoms with Crippen molar-refractivity contribution in [1.82, 2.24) is 5.32 Å². The van der Waals surface area contributed by atoms with Gasteiger partial charge in [-0.05, 0) is 48.7 Å². The fraction of sp³-hybridized carbons (Fsp3) is 0.190. The number of carbonyl (C=O) groups is 2. The summed E-state index contributed by atoms with van der Waals surface area (Å²) in [6.07, 6.45) is -0.413. The van der Waals surface area contributed by atoms with Gasteiger partial charge in [-0.3, -0.25) is 4.79 Å². The number of carboxylic acids is 1. The Kier molecular flexibility index (Phi) is 5.54. The number of phenols is 2. The first-order chi connectivity index (χ1) is 13.7. The summed E-state index contributed by atoms with van der Waals surface area (Å²) < 4.78 is 5.17. The van der Waals surface area contributed by atoms with Crippen molar-refractivity contribution in [2.24, 2.45) is 0 Å². The van der Waals surface area contributed by atoms with E-state index in [-0.39, 0.29) is 35.5 Å². The fourth-order valence-corrected chi connectivity index (χ4v) is 3.05. The van der Waals surface area contributed by atoms with Crippen LogP contribution in [0.2, 0.25) is 0 Å². The van der Waals surface area contributed by atoms with E-state index < -0.39 is 23.5 Å². The number of amides is 1. The number of aromatic hydroxyl groups is 2. The Morgan fingerprint density at radius 3 is 2.41 bits per heavy atom. The summed E-state index contributed by atoms with van der Waals surface area (Å²) >= 11 is 0. The van der Waals surface area contributed by atoms with E-state index in [4.69, 9.17) is 4.42 Å². The molecule has 3 aromatic rings. The first-order valence-electron chi connectivity index (χ1n) is 8.78. The van der Waals surface area contributed by atoms with Gasteiger partial charge in [-0.1, -0.05) is 12.1 Å². The monoisotopic (exact) mass is 396 g/mol. The van der Waals surface area contributed by atoms with Crippen LogP contribution < -0.4 is 16.0 Å². The lowest BCUT2D eigenvalue weighted by Crippen LogP contribution is -2.49. The number of fused-ring (bicyclic) bond motifs is 1. The Morgan fingerprint density at radius 1 is 1.10 bits per heavy atom. The Bertz CT molecular complexity index is 1130. The maximum absolute atomic E-state index is 12.4. The van der Waals surface area contributed by atoms with Crippen LogP contribution in [0.25, 0.3) is 11.0 Å². The van der Waals surface area contributed by atoms with Gasteiger partial charge in [0, 0.05) is 11.5 Å². The van der Waals surface area contributed by atoms with Crippen LogP contribution in [0.4, 0.5) is 0 Å². The van der Waals surface area contributed by atoms with E-state index in [0.29, 0.717) is 16.5 Å². The van der Waals surface area contributed by atoms with Gasteiger partial charge in [0.25, 0.3) is 0 Å². The molecule has 1 heterocycles. The zero-order valence-electron chi connectivity index (χ0n) is 15.5. The number of benzene rings is 2. The van der Waals surface area contributed by atoms with Gasteiger partial charge < -0.3 is 29.8 Å². The highest BCUT2D eigenvalue weighted by atomic mass is 16.4. The summed E-state index contributed by atoms with van der Waals surface area (Å²) in [4.78, 5) is 36.1. The molecule has 0 aliphatic rings. The van der Waals surface area contributed by atoms with Crippen LogP contribution in [0, 0.1) is 6.92 Å². The molecule has 1 amide bonds. The van der Waals surface area contributed by atoms with Crippen molar-refractivity contribution >= 4 is 22.8 Å². The Hall–Kier alpha value is -3.81. The third kappa shape index (κ3) is 4.55. The minimum Gasteiger partial charge on any atom is -0.548 e. The van der Waals surface area contributed by atoms with Gasteiger partial charge in [0.2, 0.25) is 5.91 Å². The van der Waals surface area contributed by atoms with Crippen LogP contribution in [0.3, 0.4) is 0 Å². The Morgan fingerprint density at radius 2 is 1.76 bits per heavy atom. The molecule has 3 N–H and O–H groups in total. The molecule has 150 valence electrons. The lowest BCUT2D eigenvalue weighted by Gasteiger charge is -2.20. The van der Waals surface area contributed by atoms with Crippen molar-refractivity contribution in [3.8, 4) is 11.5 Å². The molecule has 0 spiro atoms. The second-order valence-corrected chi connectivity index (χ2v) is 6.66. The molecule has 0 aliphatic carbocycles. The topological polar surface area (TPSA) is 140 Å². The first-order valence-corrected chi connectivity index (χ1v) is 8.78. The Labute approximate surface area is 165 Å². The number of hydrogen-bond acceptors (Lipinski definition) is 7. The minimum atomic E-state index is -1.47. The van der Waals surface area contributed by atoms with Crippen molar-refractivity contribution in [3.63, 3.8) is 0 Å². The van der Waals surface area contributed by atoms with E-state index in [9.17, 15) is 29.7 Å². The summed E-state index contributed by atoms with van der Waals surface area (Å²) in [5.74, 6) is -2.16. The quantitative estimate of drug-likeness (QED) is 0.516. The number of carboxylic acid groups (broad SMARTS) is 1. The molecule has 0 bridgehead atoms. The molecule has 8 nitrogen and oxygen atoms in total. The maximum Gasteiger partial charge on any atom is 0.340 e. The lowest BCUT2D eigenvalue weighted by molar-refractivity contribution is -0.308. The van der Waals surface area contributed by atoms with Crippen molar-refractivity contribution in [1.29, 1.82) is 0 Å². The maximum atomic E-state index is 12.4. The first kappa shape index (κ1) is 19.9. The highest BCUT2D eigenvalue weighted by Crippen LogP contribution is 2.23. The van der Waals surface area contributed by atoms with Gasteiger partial charge in [0.05, 0.1) is 24.0 Å². The second-order valence-electron chi connectivity index (χ2n) is 6.66. The van der Waals surface area contributed by atoms with Crippen LogP contribution in [-0.4, -0.2) is 28.1 Å². The molecule has 2 aromatic carbocycles. The van der Waals surface area contributed by atoms with Crippen LogP contribution in [0.15, 0.2) is 51.7 Å². The molecule has 0 radical (unpaired) electrons. The smallest absolute Gasteiger partial charge is 0.340 e. The van der Waals surface area contributed by atoms with Crippen LogP contribution in [-0.2, 0) is 22.4 Å². The third-order valence-electron chi connectivity index (χ3n) is 4.60. The zero-order valence-corrected chi connectivity index (χ0v) is 15.5. The van der Waals surface area contributed by atoms with Crippen molar-refractivity contribution < 1.29 is 29.3 Å². The molecule has 1 atom stereocenters. The second kappa shape index (κ2) is 8.05. The predicted molar refractivity (Wildman–Crippen MR) is 101 cm³/mol. The molecule has 0 fully saturated rings. The molecule has 0 aliphatic heterocycles. The number of rotatable bonds is 6. The van der Waals surface area contributed by atoms with Crippen LogP contribution >= 0.6 is 0 Å². The molecule has 29 heavy (non-hydrogen) atoms. The highest BCUT2D eigenvalue weighted by molar-refractivity contribution is 5.87. The van der Waals surface area contributed by atoms with Gasteiger partial charge in [-0.2, -0.15) is 0 Å². The Balaban J connectivity index is 1.79. The normalized spacial score (nSPS) is 11.9. The SMILES string of the molecule is Cc1c(CC(=O)N[C@@H](Cc2ccc(O)cc2)C(=O)[O-])c(=O)oc2cc(O)ccc12. The van der Waals surface area contributed by atoms with E-state index in [1.807, 2.05) is 0 Å². The minimum absolute atomic E-state index is 0.0367. The van der Waals surface area contributed by atoms with E-state index >= 15 is 0 Å². The van der Waals surface area contributed by atoms with Crippen molar-refractivity contribution in [2.45, 2.75) is 25.8 Å². The van der Waals surface area contributed by atoms with E-state index in [2.05, 4.69) is 5.32 Å². The average Bonchev–Trinajstić information content (AvgIpc) is 2.66. The fourth-order valence-electron chi connectivity index (χ4n) is 3.05. The van der Waals surface area contributed by atoms with Crippen molar-refractivity contribution in [3.05, 3.63) is 69.6 Å². The zero-order chi connectivity index (χ0) is 21.1. The summed E-state index contributed by atoms with van der Waals surface area (Å²) in [5, 5.41) is 33.2. The lowest BCUT2D eigenvalue weighted by atomic mass is 10.0. The molecular weight excluding hydrogens is 378 g/mol. The van der Waals surface area contributed by atoms with E-state index in [0.717, 1.165) is 0 Å². The summed E-state index contributed by atoms with van der Waals surface area (Å²) in [6.45, 7) is 1.64. The molecular formula is C21H18NO7-. The molecule has 8 heteroatoms. The number of aryl methyl sites for hydroxylation is 1. The number of nitrogens with one attached hydrogen (secondary N) is 1. The molecule has 1 aromatic heterocycles. The summed E-state index contributed by atoms with van der Waals surface area (Å²) in [7, 11) is 0. The summed E-state index contributed by atoms with van der Waals surface area (Å²) in [5.41, 5.74) is 0.645. The molecule has 0 saturated carbocycles. The number of aliphatic carboxylic acids is 1. The van der Waals surface area contributed by atoms with Gasteiger partial charge >= 0.3 is 5.63 Å². The summed E-state index contributed by atoms with van der Waals surface area (Å²) in [6, 6.07) is 8.89. The number of carbonyl (C=O) groups excluding carboxylic acids is 2. The van der Waals surface area contributed by atoms with Gasteiger partial charge in [0.1, 0.15) is 17.1 Å². The van der Waals surface area contributed by atoms with Gasteiger partial charge in [-0.15, -0.1) is 0 Å². The van der Waals surface area contributed by atoms with Crippen LogP contribution in [0.5, 0.6) is 11.5 Å². The highest BCUT2D eigenvalue weighted by Gasteiger charge is 2.19. The van der Waals surface area contributed by atoms with Gasteiger partial charge in [0.15, 0.2) is 0 Å². The number of phenolic OH excluding ortho intramolecular Hbond substituents is 2. The van der Waals surface area contributed by atoms with E-state index in [1.165, 1.54) is 36.4 Å².